The summed E-state index contributed by atoms with van der Waals surface area (Å²) in [6.07, 6.45) is 6.27. The molecule has 0 aliphatic carbocycles. The zero-order valence-electron chi connectivity index (χ0n) is 21.5. The molecule has 1 N–H and O–H groups in total. The number of methoxy groups -OCH3 is 1. The molecule has 37 heavy (non-hydrogen) atoms. The summed E-state index contributed by atoms with van der Waals surface area (Å²) in [7, 11) is 0.268. The van der Waals surface area contributed by atoms with Crippen LogP contribution in [0.5, 0.6) is 0 Å². The molecule has 0 bridgehead atoms. The molecule has 3 atom stereocenters. The maximum absolute atomic E-state index is 12.7. The summed E-state index contributed by atoms with van der Waals surface area (Å²) >= 11 is 12.6. The highest BCUT2D eigenvalue weighted by atomic mass is 35.5. The fourth-order valence-corrected chi connectivity index (χ4v) is 6.37. The van der Waals surface area contributed by atoms with E-state index in [9.17, 15) is 9.00 Å². The summed E-state index contributed by atoms with van der Waals surface area (Å²) in [5.41, 5.74) is 1.56. The van der Waals surface area contributed by atoms with Gasteiger partial charge in [-0.2, -0.15) is 0 Å². The molecule has 0 spiro atoms. The van der Waals surface area contributed by atoms with E-state index in [1.165, 1.54) is 7.11 Å². The van der Waals surface area contributed by atoms with Crippen molar-refractivity contribution in [1.82, 2.24) is 14.8 Å². The fraction of sp³-hybridized carbons (Fsp3) is 0.538. The van der Waals surface area contributed by atoms with Crippen LogP contribution in [0.3, 0.4) is 0 Å². The van der Waals surface area contributed by atoms with Crippen LogP contribution in [0.2, 0.25) is 10.0 Å². The number of hydrogen-bond acceptors (Lipinski definition) is 7. The zero-order chi connectivity index (χ0) is 26.5. The standard InChI is InChI=1S/C26H35Cl2N5O3S/c1-4-21-17-32(25-23(28)15-20(16-29-25)30-37(3)35)13-14-33(21)22-9-11-31(12-10-22)24(26(34)36-2)18-5-7-19(27)8-6-18/h5-8,15-16,21-22,24,30H,4,9-14,17H2,1-3H3/t21-,24?,37?/m0/s1. The molecule has 3 heterocycles. The lowest BCUT2D eigenvalue weighted by atomic mass is 9.95. The Morgan fingerprint density at radius 3 is 2.49 bits per heavy atom. The molecule has 2 fully saturated rings. The van der Waals surface area contributed by atoms with Crippen molar-refractivity contribution in [3.8, 4) is 0 Å². The van der Waals surface area contributed by atoms with Crippen LogP contribution >= 0.6 is 23.2 Å². The summed E-state index contributed by atoms with van der Waals surface area (Å²) in [6.45, 7) is 6.49. The van der Waals surface area contributed by atoms with Gasteiger partial charge in [0.25, 0.3) is 0 Å². The van der Waals surface area contributed by atoms with Crippen LogP contribution in [0.15, 0.2) is 36.5 Å². The Hall–Kier alpha value is -1.91. The molecule has 0 saturated carbocycles. The van der Waals surface area contributed by atoms with Crippen LogP contribution in [-0.2, 0) is 20.5 Å². The second-order valence-electron chi connectivity index (χ2n) is 9.58. The van der Waals surface area contributed by atoms with Gasteiger partial charge >= 0.3 is 5.97 Å². The summed E-state index contributed by atoms with van der Waals surface area (Å²) < 4.78 is 19.4. The first-order chi connectivity index (χ1) is 17.8. The Morgan fingerprint density at radius 2 is 1.89 bits per heavy atom. The number of rotatable bonds is 8. The van der Waals surface area contributed by atoms with Crippen LogP contribution < -0.4 is 9.62 Å². The van der Waals surface area contributed by atoms with Gasteiger partial charge in [0.15, 0.2) is 0 Å². The number of piperazine rings is 1. The first-order valence-corrected chi connectivity index (χ1v) is 15.0. The number of nitrogens with zero attached hydrogens (tertiary/aromatic N) is 4. The predicted octanol–water partition coefficient (Wildman–Crippen LogP) is 4.37. The Morgan fingerprint density at radius 1 is 1.19 bits per heavy atom. The van der Waals surface area contributed by atoms with E-state index in [1.807, 2.05) is 24.3 Å². The topological polar surface area (TPSA) is 78.0 Å². The second-order valence-corrected chi connectivity index (χ2v) is 11.5. The number of aromatic nitrogens is 1. The van der Waals surface area contributed by atoms with Gasteiger partial charge in [-0.1, -0.05) is 42.3 Å². The number of pyridine rings is 1. The molecule has 0 amide bonds. The van der Waals surface area contributed by atoms with Gasteiger partial charge in [0, 0.05) is 56.1 Å². The average Bonchev–Trinajstić information content (AvgIpc) is 2.89. The summed E-state index contributed by atoms with van der Waals surface area (Å²) in [5, 5.41) is 1.21. The van der Waals surface area contributed by atoms with E-state index in [0.717, 1.165) is 63.4 Å². The van der Waals surface area contributed by atoms with Crippen LogP contribution in [0.4, 0.5) is 11.5 Å². The lowest BCUT2D eigenvalue weighted by molar-refractivity contribution is -0.148. The van der Waals surface area contributed by atoms with Crippen LogP contribution in [0.1, 0.15) is 37.8 Å². The molecule has 4 rings (SSSR count). The fourth-order valence-electron chi connectivity index (χ4n) is 5.52. The van der Waals surface area contributed by atoms with Crippen LogP contribution in [-0.4, -0.2) is 83.1 Å². The van der Waals surface area contributed by atoms with Crippen molar-refractivity contribution in [2.45, 2.75) is 44.3 Å². The van der Waals surface area contributed by atoms with Crippen molar-refractivity contribution in [1.29, 1.82) is 0 Å². The quantitative estimate of drug-likeness (QED) is 0.474. The van der Waals surface area contributed by atoms with Crippen molar-refractivity contribution >= 4 is 51.7 Å². The molecule has 11 heteroatoms. The number of benzene rings is 1. The lowest BCUT2D eigenvalue weighted by Crippen LogP contribution is -2.58. The van der Waals surface area contributed by atoms with Gasteiger partial charge in [-0.3, -0.25) is 9.80 Å². The number of nitrogens with one attached hydrogen (secondary N) is 1. The van der Waals surface area contributed by atoms with Crippen molar-refractivity contribution in [2.24, 2.45) is 0 Å². The van der Waals surface area contributed by atoms with E-state index in [1.54, 1.807) is 18.5 Å². The van der Waals surface area contributed by atoms with Crippen molar-refractivity contribution in [2.75, 3.05) is 55.7 Å². The van der Waals surface area contributed by atoms with E-state index in [-0.39, 0.29) is 5.97 Å². The third kappa shape index (κ3) is 6.75. The number of likely N-dealkylation sites (tertiary alicyclic amines) is 1. The molecule has 1 aromatic heterocycles. The number of ether oxygens (including phenoxy) is 1. The van der Waals surface area contributed by atoms with Gasteiger partial charge in [-0.15, -0.1) is 0 Å². The van der Waals surface area contributed by atoms with Gasteiger partial charge in [0.2, 0.25) is 0 Å². The van der Waals surface area contributed by atoms with Crippen LogP contribution in [0, 0.1) is 0 Å². The average molecular weight is 569 g/mol. The highest BCUT2D eigenvalue weighted by molar-refractivity contribution is 7.85. The molecular formula is C26H35Cl2N5O3S. The first-order valence-electron chi connectivity index (χ1n) is 12.6. The molecule has 2 aliphatic heterocycles. The number of halogens is 2. The maximum Gasteiger partial charge on any atom is 0.327 e. The molecule has 8 nitrogen and oxygen atoms in total. The highest BCUT2D eigenvalue weighted by Gasteiger charge is 2.37. The first kappa shape index (κ1) is 28.1. The van der Waals surface area contributed by atoms with Gasteiger partial charge in [-0.25, -0.2) is 14.0 Å². The molecule has 2 unspecified atom stereocenters. The summed E-state index contributed by atoms with van der Waals surface area (Å²) in [6, 6.07) is 9.67. The normalized spacial score (nSPS) is 21.4. The number of hydrogen-bond donors (Lipinski definition) is 1. The Balaban J connectivity index is 1.39. The third-order valence-corrected chi connectivity index (χ3v) is 8.38. The van der Waals surface area contributed by atoms with E-state index in [0.29, 0.717) is 27.8 Å². The van der Waals surface area contributed by atoms with Gasteiger partial charge in [-0.05, 0) is 43.0 Å². The summed E-state index contributed by atoms with van der Waals surface area (Å²) in [4.78, 5) is 24.4. The number of esters is 1. The van der Waals surface area contributed by atoms with E-state index >= 15 is 0 Å². The summed E-state index contributed by atoms with van der Waals surface area (Å²) in [5.74, 6) is 0.530. The largest absolute Gasteiger partial charge is 0.468 e. The third-order valence-electron chi connectivity index (χ3n) is 7.33. The second kappa shape index (κ2) is 12.8. The molecule has 2 saturated heterocycles. The number of piperidine rings is 1. The monoisotopic (exact) mass is 567 g/mol. The predicted molar refractivity (Wildman–Crippen MR) is 151 cm³/mol. The number of carbonyl (C=O) groups is 1. The smallest absolute Gasteiger partial charge is 0.327 e. The van der Waals surface area contributed by atoms with Gasteiger partial charge in [0.05, 0.1) is 24.0 Å². The SMILES string of the molecule is CC[C@H]1CN(c2ncc(NS(C)=O)cc2Cl)CCN1C1CCN(C(C(=O)OC)c2ccc(Cl)cc2)CC1. The molecule has 2 aliphatic rings. The highest BCUT2D eigenvalue weighted by Crippen LogP contribution is 2.32. The maximum atomic E-state index is 12.7. The minimum Gasteiger partial charge on any atom is -0.468 e. The molecule has 1 aromatic carbocycles. The van der Waals surface area contributed by atoms with E-state index in [4.69, 9.17) is 27.9 Å². The minimum absolute atomic E-state index is 0.239. The molecule has 202 valence electrons. The Labute approximate surface area is 231 Å². The number of carbonyl (C=O) groups excluding carboxylic acids is 1. The van der Waals surface area contributed by atoms with Crippen molar-refractivity contribution in [3.05, 3.63) is 52.1 Å². The molecule has 0 radical (unpaired) electrons. The zero-order valence-corrected chi connectivity index (χ0v) is 23.9. The van der Waals surface area contributed by atoms with E-state index in [2.05, 4.69) is 31.3 Å². The Kier molecular flexibility index (Phi) is 9.69. The molecular weight excluding hydrogens is 533 g/mol. The van der Waals surface area contributed by atoms with Crippen molar-refractivity contribution < 1.29 is 13.7 Å². The van der Waals surface area contributed by atoms with Gasteiger partial charge in [0.1, 0.15) is 22.8 Å². The molecule has 2 aromatic rings. The number of anilines is 2. The van der Waals surface area contributed by atoms with Crippen LogP contribution in [0.25, 0.3) is 0 Å². The van der Waals surface area contributed by atoms with E-state index < -0.39 is 17.0 Å². The van der Waals surface area contributed by atoms with Crippen molar-refractivity contribution in [3.63, 3.8) is 0 Å². The minimum atomic E-state index is -1.18. The lowest BCUT2D eigenvalue weighted by Gasteiger charge is -2.48. The Bertz CT molecular complexity index is 1100. The van der Waals surface area contributed by atoms with Gasteiger partial charge < -0.3 is 14.4 Å².